The minimum Gasteiger partial charge on any atom is -0.459 e. The van der Waals surface area contributed by atoms with Gasteiger partial charge in [0.25, 0.3) is 5.22 Å². The third-order valence-corrected chi connectivity index (χ3v) is 3.47. The Morgan fingerprint density at radius 2 is 2.21 bits per heavy atom. The number of nitrogens with zero attached hydrogens (tertiary/aromatic N) is 3. The maximum Gasteiger partial charge on any atom is 0.396 e. The zero-order valence-electron chi connectivity index (χ0n) is 10.8. The normalized spacial score (nSPS) is 14.2. The molecule has 1 aromatic rings. The molecule has 1 saturated carbocycles. The molecule has 0 unspecified atom stereocenters. The van der Waals surface area contributed by atoms with Gasteiger partial charge in [-0.1, -0.05) is 16.9 Å². The van der Waals surface area contributed by atoms with Crippen molar-refractivity contribution in [1.82, 2.24) is 15.1 Å². The average Bonchev–Trinajstić information content (AvgIpc) is 3.14. The molecule has 1 amide bonds. The van der Waals surface area contributed by atoms with Gasteiger partial charge in [-0.3, -0.25) is 4.79 Å². The predicted octanol–water partition coefficient (Wildman–Crippen LogP) is 0.959. The topological polar surface area (TPSA) is 85.5 Å². The highest BCUT2D eigenvalue weighted by atomic mass is 32.2. The molecule has 1 aromatic heterocycles. The van der Waals surface area contributed by atoms with Crippen molar-refractivity contribution >= 4 is 23.6 Å². The zero-order chi connectivity index (χ0) is 13.8. The fraction of sp³-hybridized carbons (Fsp3) is 0.636. The highest BCUT2D eigenvalue weighted by Crippen LogP contribution is 2.26. The summed E-state index contributed by atoms with van der Waals surface area (Å²) in [5.41, 5.74) is 0. The fourth-order valence-corrected chi connectivity index (χ4v) is 2.12. The molecule has 8 heteroatoms. The molecule has 1 aliphatic rings. The molecule has 0 atom stereocenters. The van der Waals surface area contributed by atoms with Crippen molar-refractivity contribution < 1.29 is 18.7 Å². The van der Waals surface area contributed by atoms with Gasteiger partial charge >= 0.3 is 11.9 Å². The maximum atomic E-state index is 11.8. The van der Waals surface area contributed by atoms with Crippen LogP contribution < -0.4 is 0 Å². The Labute approximate surface area is 114 Å². The number of amides is 1. The number of ether oxygens (including phenoxy) is 1. The van der Waals surface area contributed by atoms with Crippen LogP contribution in [0.15, 0.2) is 9.64 Å². The van der Waals surface area contributed by atoms with Crippen molar-refractivity contribution in [2.24, 2.45) is 0 Å². The van der Waals surface area contributed by atoms with E-state index in [-0.39, 0.29) is 29.4 Å². The van der Waals surface area contributed by atoms with E-state index >= 15 is 0 Å². The Bertz CT molecular complexity index is 472. The molecule has 0 aliphatic heterocycles. The van der Waals surface area contributed by atoms with Crippen molar-refractivity contribution in [3.8, 4) is 0 Å². The molecule has 19 heavy (non-hydrogen) atoms. The lowest BCUT2D eigenvalue weighted by Crippen LogP contribution is -2.30. The number of thioether (sulfide) groups is 1. The zero-order valence-corrected chi connectivity index (χ0v) is 11.6. The van der Waals surface area contributed by atoms with Crippen LogP contribution in [0.3, 0.4) is 0 Å². The molecule has 0 saturated heterocycles. The molecule has 1 heterocycles. The summed E-state index contributed by atoms with van der Waals surface area (Å²) in [5, 5.41) is 7.45. The lowest BCUT2D eigenvalue weighted by molar-refractivity contribution is -0.127. The van der Waals surface area contributed by atoms with E-state index < -0.39 is 5.97 Å². The van der Waals surface area contributed by atoms with Gasteiger partial charge in [-0.2, -0.15) is 0 Å². The largest absolute Gasteiger partial charge is 0.459 e. The number of carbonyl (C=O) groups is 2. The van der Waals surface area contributed by atoms with Crippen molar-refractivity contribution in [1.29, 1.82) is 0 Å². The number of aromatic nitrogens is 2. The molecule has 7 nitrogen and oxygen atoms in total. The minimum atomic E-state index is -0.650. The van der Waals surface area contributed by atoms with Crippen molar-refractivity contribution in [2.75, 3.05) is 19.4 Å². The third kappa shape index (κ3) is 3.69. The van der Waals surface area contributed by atoms with E-state index in [1.165, 1.54) is 0 Å². The van der Waals surface area contributed by atoms with E-state index in [1.54, 1.807) is 18.9 Å². The van der Waals surface area contributed by atoms with Gasteiger partial charge in [0.05, 0.1) is 12.4 Å². The minimum absolute atomic E-state index is 0.0170. The van der Waals surface area contributed by atoms with Crippen LogP contribution in [0, 0.1) is 0 Å². The average molecular weight is 285 g/mol. The molecular formula is C11H15N3O4S. The lowest BCUT2D eigenvalue weighted by atomic mass is 10.5. The van der Waals surface area contributed by atoms with Crippen LogP contribution in [0.4, 0.5) is 0 Å². The number of hydrogen-bond acceptors (Lipinski definition) is 7. The molecule has 104 valence electrons. The second-order valence-electron chi connectivity index (χ2n) is 4.12. The lowest BCUT2D eigenvalue weighted by Gasteiger charge is -2.14. The summed E-state index contributed by atoms with van der Waals surface area (Å²) in [6.07, 6.45) is 2.14. The first-order valence-electron chi connectivity index (χ1n) is 6.01. The molecule has 0 N–H and O–H groups in total. The van der Waals surface area contributed by atoms with Gasteiger partial charge in [0.1, 0.15) is 0 Å². The van der Waals surface area contributed by atoms with Crippen LogP contribution >= 0.6 is 11.8 Å². The van der Waals surface area contributed by atoms with Gasteiger partial charge in [-0.15, -0.1) is 5.10 Å². The standard InChI is InChI=1S/C11H15N3O4S/c1-3-17-10(16)9-12-13-11(18-9)19-6-8(15)14(2)7-4-5-7/h7H,3-6H2,1-2H3. The monoisotopic (exact) mass is 285 g/mol. The summed E-state index contributed by atoms with van der Waals surface area (Å²) in [4.78, 5) is 24.8. The van der Waals surface area contributed by atoms with Crippen molar-refractivity contribution in [3.05, 3.63) is 5.89 Å². The SMILES string of the molecule is CCOC(=O)c1nnc(SCC(=O)N(C)C2CC2)o1. The summed E-state index contributed by atoms with van der Waals surface area (Å²) in [6, 6.07) is 0.380. The molecule has 0 aromatic carbocycles. The van der Waals surface area contributed by atoms with Crippen LogP contribution in [0.25, 0.3) is 0 Å². The Morgan fingerprint density at radius 1 is 1.47 bits per heavy atom. The Kier molecular flexibility index (Phi) is 4.41. The Hall–Kier alpha value is -1.57. The van der Waals surface area contributed by atoms with Crippen LogP contribution in [0.1, 0.15) is 30.5 Å². The molecule has 1 fully saturated rings. The summed E-state index contributed by atoms with van der Waals surface area (Å²) >= 11 is 1.12. The first-order chi connectivity index (χ1) is 9.11. The molecule has 2 rings (SSSR count). The first-order valence-corrected chi connectivity index (χ1v) is 6.99. The van der Waals surface area contributed by atoms with Crippen molar-refractivity contribution in [3.63, 3.8) is 0 Å². The van der Waals surface area contributed by atoms with E-state index in [1.807, 2.05) is 0 Å². The Morgan fingerprint density at radius 3 is 2.84 bits per heavy atom. The number of carbonyl (C=O) groups excluding carboxylic acids is 2. The van der Waals surface area contributed by atoms with Crippen LogP contribution in [0.2, 0.25) is 0 Å². The second kappa shape index (κ2) is 6.05. The van der Waals surface area contributed by atoms with Gasteiger partial charge in [0.15, 0.2) is 0 Å². The summed E-state index contributed by atoms with van der Waals surface area (Å²) < 4.78 is 9.82. The van der Waals surface area contributed by atoms with E-state index in [9.17, 15) is 9.59 Å². The van der Waals surface area contributed by atoms with E-state index in [4.69, 9.17) is 9.15 Å². The molecule has 1 aliphatic carbocycles. The van der Waals surface area contributed by atoms with E-state index in [0.29, 0.717) is 6.04 Å². The quantitative estimate of drug-likeness (QED) is 0.568. The summed E-state index contributed by atoms with van der Waals surface area (Å²) in [5.74, 6) is -0.601. The molecule has 0 spiro atoms. The van der Waals surface area contributed by atoms with Gasteiger partial charge in [0, 0.05) is 13.1 Å². The summed E-state index contributed by atoms with van der Waals surface area (Å²) in [6.45, 7) is 1.94. The fourth-order valence-electron chi connectivity index (χ4n) is 1.43. The van der Waals surface area contributed by atoms with Crippen molar-refractivity contribution in [2.45, 2.75) is 31.0 Å². The first kappa shape index (κ1) is 13.9. The van der Waals surface area contributed by atoms with E-state index in [2.05, 4.69) is 10.2 Å². The van der Waals surface area contributed by atoms with E-state index in [0.717, 1.165) is 24.6 Å². The second-order valence-corrected chi connectivity index (χ2v) is 5.04. The smallest absolute Gasteiger partial charge is 0.396 e. The van der Waals surface area contributed by atoms with Gasteiger partial charge in [0.2, 0.25) is 5.91 Å². The van der Waals surface area contributed by atoms with Gasteiger partial charge < -0.3 is 14.1 Å². The highest BCUT2D eigenvalue weighted by Gasteiger charge is 2.29. The van der Waals surface area contributed by atoms with Gasteiger partial charge in [-0.25, -0.2) is 4.79 Å². The highest BCUT2D eigenvalue weighted by molar-refractivity contribution is 7.99. The van der Waals surface area contributed by atoms with Gasteiger partial charge in [-0.05, 0) is 19.8 Å². The molecule has 0 bridgehead atoms. The number of esters is 1. The predicted molar refractivity (Wildman–Crippen MR) is 66.8 cm³/mol. The number of hydrogen-bond donors (Lipinski definition) is 0. The molecular weight excluding hydrogens is 270 g/mol. The van der Waals surface area contributed by atoms with Crippen LogP contribution in [-0.2, 0) is 9.53 Å². The third-order valence-electron chi connectivity index (χ3n) is 2.66. The maximum absolute atomic E-state index is 11.8. The Balaban J connectivity index is 1.82. The number of rotatable bonds is 6. The van der Waals surface area contributed by atoms with Crippen LogP contribution in [0.5, 0.6) is 0 Å². The van der Waals surface area contributed by atoms with Crippen LogP contribution in [-0.4, -0.2) is 52.4 Å². The summed E-state index contributed by atoms with van der Waals surface area (Å²) in [7, 11) is 1.79. The molecule has 0 radical (unpaired) electrons.